The van der Waals surface area contributed by atoms with Crippen molar-refractivity contribution in [1.29, 1.82) is 0 Å². The fourth-order valence-electron chi connectivity index (χ4n) is 3.10. The van der Waals surface area contributed by atoms with Gasteiger partial charge < -0.3 is 4.90 Å². The van der Waals surface area contributed by atoms with Gasteiger partial charge in [-0.1, -0.05) is 11.3 Å². The number of thiazole rings is 1. The molecule has 22 heavy (non-hydrogen) atoms. The first-order chi connectivity index (χ1) is 10.8. The topological polar surface area (TPSA) is 34.6 Å². The van der Waals surface area contributed by atoms with E-state index in [-0.39, 0.29) is 5.82 Å². The van der Waals surface area contributed by atoms with E-state index in [4.69, 9.17) is 0 Å². The quantitative estimate of drug-likeness (QED) is 0.803. The van der Waals surface area contributed by atoms with Crippen LogP contribution in [0.3, 0.4) is 0 Å². The largest absolute Gasteiger partial charge is 0.330 e. The van der Waals surface area contributed by atoms with Gasteiger partial charge in [-0.25, -0.2) is 4.39 Å². The van der Waals surface area contributed by atoms with Crippen molar-refractivity contribution in [2.45, 2.75) is 25.8 Å². The van der Waals surface area contributed by atoms with E-state index < -0.39 is 0 Å². The smallest absolute Gasteiger partial charge is 0.216 e. The Morgan fingerprint density at radius 3 is 2.64 bits per heavy atom. The number of benzene rings is 1. The van der Waals surface area contributed by atoms with Gasteiger partial charge in [0, 0.05) is 11.8 Å². The van der Waals surface area contributed by atoms with E-state index in [1.807, 2.05) is 4.40 Å². The molecule has 0 aliphatic carbocycles. The van der Waals surface area contributed by atoms with Crippen LogP contribution < -0.4 is 4.90 Å². The van der Waals surface area contributed by atoms with Crippen molar-refractivity contribution in [2.75, 3.05) is 13.1 Å². The highest BCUT2D eigenvalue weighted by molar-refractivity contribution is 7.17. The van der Waals surface area contributed by atoms with Crippen molar-refractivity contribution < 1.29 is 9.29 Å². The van der Waals surface area contributed by atoms with Crippen molar-refractivity contribution in [3.63, 3.8) is 0 Å². The molecular weight excluding hydrogens is 299 g/mol. The Bertz CT molecular complexity index is 771. The summed E-state index contributed by atoms with van der Waals surface area (Å²) < 4.78 is 15.1. The average Bonchev–Trinajstić information content (AvgIpc) is 3.09. The second-order valence-electron chi connectivity index (χ2n) is 5.87. The van der Waals surface area contributed by atoms with Gasteiger partial charge in [0.2, 0.25) is 4.96 Å². The molecule has 0 unspecified atom stereocenters. The molecule has 1 aromatic carbocycles. The van der Waals surface area contributed by atoms with Crippen molar-refractivity contribution >= 4 is 16.3 Å². The summed E-state index contributed by atoms with van der Waals surface area (Å²) in [4.78, 5) is 3.91. The summed E-state index contributed by atoms with van der Waals surface area (Å²) in [5.41, 5.74) is 0.892. The minimum Gasteiger partial charge on any atom is -0.330 e. The maximum absolute atomic E-state index is 13.1. The summed E-state index contributed by atoms with van der Waals surface area (Å²) in [7, 11) is 0. The first kappa shape index (κ1) is 13.8. The van der Waals surface area contributed by atoms with Gasteiger partial charge in [0.05, 0.1) is 18.0 Å². The third-order valence-corrected chi connectivity index (χ3v) is 5.22. The molecule has 1 aliphatic heterocycles. The molecule has 1 fully saturated rings. The second kappa shape index (κ2) is 5.78. The van der Waals surface area contributed by atoms with Gasteiger partial charge in [-0.15, -0.1) is 10.2 Å². The first-order valence-electron chi connectivity index (χ1n) is 7.72. The Labute approximate surface area is 132 Å². The lowest BCUT2D eigenvalue weighted by Crippen LogP contribution is -3.11. The molecule has 3 aromatic rings. The van der Waals surface area contributed by atoms with E-state index in [1.54, 1.807) is 28.4 Å². The van der Waals surface area contributed by atoms with Gasteiger partial charge in [-0.2, -0.15) is 0 Å². The number of aromatic nitrogens is 3. The highest BCUT2D eigenvalue weighted by Crippen LogP contribution is 2.23. The number of nitrogens with zero attached hydrogens (tertiary/aromatic N) is 3. The summed E-state index contributed by atoms with van der Waals surface area (Å²) in [5.74, 6) is 0.551. The van der Waals surface area contributed by atoms with Crippen molar-refractivity contribution in [3.8, 4) is 11.4 Å². The molecule has 0 saturated carbocycles. The van der Waals surface area contributed by atoms with Gasteiger partial charge in [-0.3, -0.25) is 4.40 Å². The average molecular weight is 317 g/mol. The lowest BCUT2D eigenvalue weighted by atomic mass is 10.1. The van der Waals surface area contributed by atoms with E-state index >= 15 is 0 Å². The van der Waals surface area contributed by atoms with E-state index in [0.29, 0.717) is 0 Å². The summed E-state index contributed by atoms with van der Waals surface area (Å²) >= 11 is 1.70. The van der Waals surface area contributed by atoms with Crippen molar-refractivity contribution in [3.05, 3.63) is 41.2 Å². The zero-order valence-electron chi connectivity index (χ0n) is 12.3. The van der Waals surface area contributed by atoms with Crippen LogP contribution in [-0.2, 0) is 6.54 Å². The van der Waals surface area contributed by atoms with Crippen molar-refractivity contribution in [1.82, 2.24) is 14.6 Å². The van der Waals surface area contributed by atoms with Crippen LogP contribution in [0.15, 0.2) is 30.5 Å². The number of nitrogens with one attached hydrogen (secondary N) is 1. The molecule has 1 saturated heterocycles. The number of fused-ring (bicyclic) bond motifs is 1. The number of quaternary nitrogens is 1. The second-order valence-corrected chi connectivity index (χ2v) is 6.96. The predicted molar refractivity (Wildman–Crippen MR) is 84.5 cm³/mol. The molecule has 6 heteroatoms. The molecule has 0 radical (unpaired) electrons. The van der Waals surface area contributed by atoms with Gasteiger partial charge >= 0.3 is 0 Å². The Morgan fingerprint density at radius 2 is 1.86 bits per heavy atom. The van der Waals surface area contributed by atoms with Crippen LogP contribution in [0.1, 0.15) is 24.1 Å². The van der Waals surface area contributed by atoms with Crippen LogP contribution in [0.5, 0.6) is 0 Å². The lowest BCUT2D eigenvalue weighted by molar-refractivity contribution is -0.918. The van der Waals surface area contributed by atoms with Gasteiger partial charge in [-0.05, 0) is 43.5 Å². The number of rotatable bonds is 3. The zero-order chi connectivity index (χ0) is 14.9. The molecule has 4 nitrogen and oxygen atoms in total. The third-order valence-electron chi connectivity index (χ3n) is 4.25. The minimum atomic E-state index is -0.232. The summed E-state index contributed by atoms with van der Waals surface area (Å²) in [6.07, 6.45) is 6.18. The third kappa shape index (κ3) is 2.64. The van der Waals surface area contributed by atoms with Crippen LogP contribution in [0.25, 0.3) is 16.3 Å². The Balaban J connectivity index is 1.62. The molecule has 3 heterocycles. The standard InChI is InChI=1S/C16H17FN4S/c17-13-6-4-12(5-7-13)15-18-19-16-21(15)11-14(22-16)10-20-8-2-1-3-9-20/h4-7,11H,1-3,8-10H2/p+1. The van der Waals surface area contributed by atoms with Gasteiger partial charge in [0.15, 0.2) is 5.82 Å². The molecular formula is C16H18FN4S+. The van der Waals surface area contributed by atoms with Crippen LogP contribution >= 0.6 is 11.3 Å². The molecule has 1 aliphatic rings. The molecule has 114 valence electrons. The lowest BCUT2D eigenvalue weighted by Gasteiger charge is -2.22. The van der Waals surface area contributed by atoms with Crippen LogP contribution in [0.2, 0.25) is 0 Å². The fraction of sp³-hybridized carbons (Fsp3) is 0.375. The van der Waals surface area contributed by atoms with Crippen LogP contribution in [-0.4, -0.2) is 27.7 Å². The number of hydrogen-bond donors (Lipinski definition) is 1. The summed E-state index contributed by atoms with van der Waals surface area (Å²) in [5, 5.41) is 8.50. The highest BCUT2D eigenvalue weighted by atomic mass is 32.1. The van der Waals surface area contributed by atoms with E-state index in [9.17, 15) is 4.39 Å². The minimum absolute atomic E-state index is 0.232. The summed E-state index contributed by atoms with van der Waals surface area (Å²) in [6, 6.07) is 6.42. The first-order valence-corrected chi connectivity index (χ1v) is 8.54. The summed E-state index contributed by atoms with van der Waals surface area (Å²) in [6.45, 7) is 3.60. The SMILES string of the molecule is Fc1ccc(-c2nnc3sc(C[NH+]4CCCCC4)cn23)cc1. The Hall–Kier alpha value is -1.79. The molecule has 0 spiro atoms. The monoisotopic (exact) mass is 317 g/mol. The molecule has 0 amide bonds. The van der Waals surface area contributed by atoms with Gasteiger partial charge in [0.25, 0.3) is 0 Å². The fourth-order valence-corrected chi connectivity index (χ4v) is 4.09. The van der Waals surface area contributed by atoms with E-state index in [1.165, 1.54) is 49.4 Å². The van der Waals surface area contributed by atoms with Crippen molar-refractivity contribution in [2.24, 2.45) is 0 Å². The molecule has 1 N–H and O–H groups in total. The number of piperidine rings is 1. The van der Waals surface area contributed by atoms with E-state index in [0.717, 1.165) is 22.9 Å². The van der Waals surface area contributed by atoms with Crippen LogP contribution in [0.4, 0.5) is 4.39 Å². The Kier molecular flexibility index (Phi) is 3.63. The normalized spacial score (nSPS) is 16.4. The number of likely N-dealkylation sites (tertiary alicyclic amines) is 1. The molecule has 2 aromatic heterocycles. The maximum Gasteiger partial charge on any atom is 0.216 e. The number of hydrogen-bond acceptors (Lipinski definition) is 3. The molecule has 0 atom stereocenters. The predicted octanol–water partition coefficient (Wildman–Crippen LogP) is 2.17. The number of halogens is 1. The maximum atomic E-state index is 13.1. The van der Waals surface area contributed by atoms with E-state index in [2.05, 4.69) is 16.4 Å². The highest BCUT2D eigenvalue weighted by Gasteiger charge is 2.17. The zero-order valence-corrected chi connectivity index (χ0v) is 13.1. The van der Waals surface area contributed by atoms with Gasteiger partial charge in [0.1, 0.15) is 12.4 Å². The molecule has 0 bridgehead atoms. The van der Waals surface area contributed by atoms with Crippen LogP contribution in [0, 0.1) is 5.82 Å². The molecule has 4 rings (SSSR count). The Morgan fingerprint density at radius 1 is 1.09 bits per heavy atom.